The van der Waals surface area contributed by atoms with Crippen LogP contribution in [0, 0.1) is 5.82 Å². The first-order valence-electron chi connectivity index (χ1n) is 5.98. The highest BCUT2D eigenvalue weighted by molar-refractivity contribution is 5.95. The molecule has 1 atom stereocenters. The van der Waals surface area contributed by atoms with Crippen molar-refractivity contribution in [3.05, 3.63) is 29.6 Å². The van der Waals surface area contributed by atoms with Gasteiger partial charge in [-0.25, -0.2) is 4.39 Å². The topological polar surface area (TPSA) is 41.6 Å². The zero-order valence-corrected chi connectivity index (χ0v) is 10.6. The van der Waals surface area contributed by atoms with Crippen molar-refractivity contribution in [1.82, 2.24) is 10.2 Å². The van der Waals surface area contributed by atoms with Gasteiger partial charge in [0.25, 0.3) is 5.91 Å². The van der Waals surface area contributed by atoms with E-state index in [9.17, 15) is 9.18 Å². The van der Waals surface area contributed by atoms with E-state index >= 15 is 0 Å². The van der Waals surface area contributed by atoms with Crippen molar-refractivity contribution in [1.29, 1.82) is 0 Å². The summed E-state index contributed by atoms with van der Waals surface area (Å²) >= 11 is 0. The number of rotatable bonds is 2. The van der Waals surface area contributed by atoms with Gasteiger partial charge in [-0.2, -0.15) is 0 Å². The Morgan fingerprint density at radius 3 is 2.94 bits per heavy atom. The van der Waals surface area contributed by atoms with Crippen LogP contribution in [-0.2, 0) is 0 Å². The number of piperazine rings is 1. The van der Waals surface area contributed by atoms with Gasteiger partial charge >= 0.3 is 0 Å². The summed E-state index contributed by atoms with van der Waals surface area (Å²) in [6.07, 6.45) is 0. The van der Waals surface area contributed by atoms with Crippen molar-refractivity contribution in [2.45, 2.75) is 13.0 Å². The lowest BCUT2D eigenvalue weighted by molar-refractivity contribution is 0.0651. The Hall–Kier alpha value is -1.62. The number of amides is 1. The van der Waals surface area contributed by atoms with E-state index in [1.807, 2.05) is 6.92 Å². The van der Waals surface area contributed by atoms with Crippen LogP contribution in [0.3, 0.4) is 0 Å². The van der Waals surface area contributed by atoms with Gasteiger partial charge in [-0.05, 0) is 19.1 Å². The lowest BCUT2D eigenvalue weighted by Gasteiger charge is -2.34. The molecule has 1 aromatic rings. The average molecular weight is 252 g/mol. The second-order valence-corrected chi connectivity index (χ2v) is 4.40. The smallest absolute Gasteiger partial charge is 0.257 e. The first-order chi connectivity index (χ1) is 8.63. The molecule has 1 fully saturated rings. The molecule has 1 aliphatic rings. The van der Waals surface area contributed by atoms with Crippen molar-refractivity contribution in [3.8, 4) is 5.75 Å². The third-order valence-corrected chi connectivity index (χ3v) is 3.17. The van der Waals surface area contributed by atoms with E-state index in [0.717, 1.165) is 13.1 Å². The van der Waals surface area contributed by atoms with Crippen molar-refractivity contribution < 1.29 is 13.9 Å². The Kier molecular flexibility index (Phi) is 3.81. The molecule has 4 nitrogen and oxygen atoms in total. The van der Waals surface area contributed by atoms with Gasteiger partial charge in [-0.15, -0.1) is 0 Å². The molecular formula is C13H17FN2O2. The summed E-state index contributed by atoms with van der Waals surface area (Å²) in [7, 11) is 1.47. The number of methoxy groups -OCH3 is 1. The summed E-state index contributed by atoms with van der Waals surface area (Å²) in [6.45, 7) is 4.04. The van der Waals surface area contributed by atoms with Crippen molar-refractivity contribution >= 4 is 5.91 Å². The summed E-state index contributed by atoms with van der Waals surface area (Å²) in [5.74, 6) is -0.383. The molecule has 2 rings (SSSR count). The Morgan fingerprint density at radius 2 is 2.33 bits per heavy atom. The van der Waals surface area contributed by atoms with Gasteiger partial charge in [0.1, 0.15) is 11.6 Å². The summed E-state index contributed by atoms with van der Waals surface area (Å²) in [5.41, 5.74) is 0.101. The minimum Gasteiger partial charge on any atom is -0.497 e. The van der Waals surface area contributed by atoms with Crippen LogP contribution in [0.25, 0.3) is 0 Å². The molecule has 0 saturated carbocycles. The van der Waals surface area contributed by atoms with E-state index in [-0.39, 0.29) is 17.5 Å². The number of nitrogens with one attached hydrogen (secondary N) is 1. The van der Waals surface area contributed by atoms with E-state index < -0.39 is 5.82 Å². The van der Waals surface area contributed by atoms with Crippen LogP contribution in [0.4, 0.5) is 4.39 Å². The van der Waals surface area contributed by atoms with E-state index in [1.165, 1.54) is 19.2 Å². The average Bonchev–Trinajstić information content (AvgIpc) is 2.38. The summed E-state index contributed by atoms with van der Waals surface area (Å²) in [6, 6.07) is 4.39. The fraction of sp³-hybridized carbons (Fsp3) is 0.462. The number of halogens is 1. The van der Waals surface area contributed by atoms with Gasteiger partial charge in [-0.1, -0.05) is 0 Å². The predicted molar refractivity (Wildman–Crippen MR) is 66.3 cm³/mol. The highest BCUT2D eigenvalue weighted by Gasteiger charge is 2.25. The molecule has 18 heavy (non-hydrogen) atoms. The van der Waals surface area contributed by atoms with Crippen LogP contribution in [0.15, 0.2) is 18.2 Å². The SMILES string of the molecule is COc1ccc(C(=O)N2CCNC[C@@H]2C)c(F)c1. The standard InChI is InChI=1S/C13H17FN2O2/c1-9-8-15-5-6-16(9)13(17)11-4-3-10(18-2)7-12(11)14/h3-4,7,9,15H,5-6,8H2,1-2H3/t9-/m0/s1. The number of ether oxygens (including phenoxy) is 1. The second-order valence-electron chi connectivity index (χ2n) is 4.40. The predicted octanol–water partition coefficient (Wildman–Crippen LogP) is 1.27. The van der Waals surface area contributed by atoms with Gasteiger partial charge in [0, 0.05) is 31.7 Å². The van der Waals surface area contributed by atoms with Crippen molar-refractivity contribution in [3.63, 3.8) is 0 Å². The van der Waals surface area contributed by atoms with Gasteiger partial charge in [-0.3, -0.25) is 4.79 Å². The van der Waals surface area contributed by atoms with E-state index in [4.69, 9.17) is 4.74 Å². The molecule has 1 saturated heterocycles. The number of hydrogen-bond donors (Lipinski definition) is 1. The Balaban J connectivity index is 2.22. The molecule has 1 amide bonds. The Morgan fingerprint density at radius 1 is 1.56 bits per heavy atom. The van der Waals surface area contributed by atoms with Crippen LogP contribution in [0.5, 0.6) is 5.75 Å². The van der Waals surface area contributed by atoms with E-state index in [0.29, 0.717) is 12.3 Å². The number of benzene rings is 1. The number of carbonyl (C=O) groups excluding carboxylic acids is 1. The minimum absolute atomic E-state index is 0.0766. The molecular weight excluding hydrogens is 235 g/mol. The van der Waals surface area contributed by atoms with Crippen LogP contribution in [-0.4, -0.2) is 43.6 Å². The fourth-order valence-corrected chi connectivity index (χ4v) is 2.09. The first-order valence-corrected chi connectivity index (χ1v) is 5.98. The largest absolute Gasteiger partial charge is 0.497 e. The zero-order valence-electron chi connectivity index (χ0n) is 10.6. The minimum atomic E-state index is -0.537. The summed E-state index contributed by atoms with van der Waals surface area (Å²) in [4.78, 5) is 13.9. The number of nitrogens with zero attached hydrogens (tertiary/aromatic N) is 1. The number of hydrogen-bond acceptors (Lipinski definition) is 3. The summed E-state index contributed by atoms with van der Waals surface area (Å²) < 4.78 is 18.7. The van der Waals surface area contributed by atoms with Crippen LogP contribution in [0.2, 0.25) is 0 Å². The van der Waals surface area contributed by atoms with E-state index in [1.54, 1.807) is 11.0 Å². The monoisotopic (exact) mass is 252 g/mol. The molecule has 5 heteroatoms. The third kappa shape index (κ3) is 2.46. The maximum Gasteiger partial charge on any atom is 0.257 e. The molecule has 1 aliphatic heterocycles. The van der Waals surface area contributed by atoms with Gasteiger partial charge < -0.3 is 15.0 Å². The third-order valence-electron chi connectivity index (χ3n) is 3.17. The highest BCUT2D eigenvalue weighted by Crippen LogP contribution is 2.19. The number of carbonyl (C=O) groups is 1. The summed E-state index contributed by atoms with van der Waals surface area (Å²) in [5, 5.41) is 3.20. The van der Waals surface area contributed by atoms with Gasteiger partial charge in [0.2, 0.25) is 0 Å². The van der Waals surface area contributed by atoms with Gasteiger partial charge in [0.15, 0.2) is 0 Å². The molecule has 0 spiro atoms. The molecule has 1 heterocycles. The zero-order chi connectivity index (χ0) is 13.1. The van der Waals surface area contributed by atoms with Gasteiger partial charge in [0.05, 0.1) is 12.7 Å². The molecule has 0 aromatic heterocycles. The fourth-order valence-electron chi connectivity index (χ4n) is 2.09. The van der Waals surface area contributed by atoms with Crippen LogP contribution in [0.1, 0.15) is 17.3 Å². The lowest BCUT2D eigenvalue weighted by atomic mass is 10.1. The lowest BCUT2D eigenvalue weighted by Crippen LogP contribution is -2.52. The molecule has 0 unspecified atom stereocenters. The Labute approximate surface area is 106 Å². The maximum absolute atomic E-state index is 13.8. The Bertz CT molecular complexity index is 451. The van der Waals surface area contributed by atoms with Crippen molar-refractivity contribution in [2.75, 3.05) is 26.7 Å². The quantitative estimate of drug-likeness (QED) is 0.861. The molecule has 0 radical (unpaired) electrons. The highest BCUT2D eigenvalue weighted by atomic mass is 19.1. The van der Waals surface area contributed by atoms with Crippen molar-refractivity contribution in [2.24, 2.45) is 0 Å². The second kappa shape index (κ2) is 5.35. The van der Waals surface area contributed by atoms with Crippen LogP contribution < -0.4 is 10.1 Å². The molecule has 0 aliphatic carbocycles. The molecule has 98 valence electrons. The molecule has 1 N–H and O–H groups in total. The normalized spacial score (nSPS) is 19.7. The first kappa shape index (κ1) is 12.8. The molecule has 1 aromatic carbocycles. The van der Waals surface area contributed by atoms with Crippen LogP contribution >= 0.6 is 0 Å². The molecule has 0 bridgehead atoms. The maximum atomic E-state index is 13.8. The van der Waals surface area contributed by atoms with E-state index in [2.05, 4.69) is 5.32 Å².